The number of halogens is 4. The van der Waals surface area contributed by atoms with Crippen molar-refractivity contribution in [2.45, 2.75) is 26.3 Å². The third kappa shape index (κ3) is 5.05. The molecule has 0 radical (unpaired) electrons. The van der Waals surface area contributed by atoms with Crippen LogP contribution in [0.2, 0.25) is 15.1 Å². The number of anilines is 2. The van der Waals surface area contributed by atoms with Crippen LogP contribution in [-0.4, -0.2) is 41.6 Å². The minimum Gasteiger partial charge on any atom is -0.367 e. The summed E-state index contributed by atoms with van der Waals surface area (Å²) in [6.07, 6.45) is 3.89. The molecule has 1 N–H and O–H groups in total. The zero-order valence-corrected chi connectivity index (χ0v) is 18.4. The molecule has 0 saturated carbocycles. The normalized spacial score (nSPS) is 17.4. The second kappa shape index (κ2) is 9.37. The Kier molecular flexibility index (Phi) is 7.09. The van der Waals surface area contributed by atoms with E-state index in [9.17, 15) is 9.18 Å². The summed E-state index contributed by atoms with van der Waals surface area (Å²) in [6.45, 7) is 6.00. The van der Waals surface area contributed by atoms with Crippen molar-refractivity contribution in [1.29, 1.82) is 0 Å². The first-order valence-corrected chi connectivity index (χ1v) is 10.5. The fourth-order valence-corrected chi connectivity index (χ4v) is 4.30. The van der Waals surface area contributed by atoms with E-state index in [1.54, 1.807) is 12.4 Å². The van der Waals surface area contributed by atoms with Crippen LogP contribution < -0.4 is 10.2 Å². The van der Waals surface area contributed by atoms with Gasteiger partial charge in [0.1, 0.15) is 5.82 Å². The van der Waals surface area contributed by atoms with Crippen molar-refractivity contribution in [1.82, 2.24) is 9.88 Å². The predicted molar refractivity (Wildman–Crippen MR) is 117 cm³/mol. The Bertz CT molecular complexity index is 876. The van der Waals surface area contributed by atoms with Crippen LogP contribution >= 0.6 is 34.8 Å². The second-order valence-corrected chi connectivity index (χ2v) is 8.54. The first-order chi connectivity index (χ1) is 13.8. The van der Waals surface area contributed by atoms with Crippen molar-refractivity contribution in [2.75, 3.05) is 29.9 Å². The Labute approximate surface area is 184 Å². The van der Waals surface area contributed by atoms with E-state index >= 15 is 0 Å². The third-order valence-electron chi connectivity index (χ3n) is 4.98. The van der Waals surface area contributed by atoms with E-state index in [0.717, 1.165) is 12.1 Å². The standard InChI is InChI=1S/C20H22Cl3FN4O/c1-12(2)18-11-27(19-15(22)9-25-10-16(19)23)6-3-7-28(18)20(29)26-13-4-5-17(24)14(21)8-13/h4-5,8-10,12,18H,3,6-7,11H2,1-2H3,(H,26,29). The fraction of sp³-hybridized carbons (Fsp3) is 0.400. The average molecular weight is 460 g/mol. The first kappa shape index (κ1) is 21.9. The van der Waals surface area contributed by atoms with Gasteiger partial charge in [0.15, 0.2) is 0 Å². The molecule has 2 heterocycles. The fourth-order valence-electron chi connectivity index (χ4n) is 3.52. The van der Waals surface area contributed by atoms with E-state index in [-0.39, 0.29) is 23.0 Å². The topological polar surface area (TPSA) is 48.5 Å². The van der Waals surface area contributed by atoms with Crippen molar-refractivity contribution >= 4 is 52.2 Å². The number of urea groups is 1. The van der Waals surface area contributed by atoms with Gasteiger partial charge in [-0.15, -0.1) is 0 Å². The largest absolute Gasteiger partial charge is 0.367 e. The number of rotatable bonds is 3. The van der Waals surface area contributed by atoms with Gasteiger partial charge in [0.2, 0.25) is 0 Å². The molecule has 0 aliphatic carbocycles. The Balaban J connectivity index is 1.82. The highest BCUT2D eigenvalue weighted by atomic mass is 35.5. The van der Waals surface area contributed by atoms with Crippen LogP contribution in [-0.2, 0) is 0 Å². The van der Waals surface area contributed by atoms with Crippen LogP contribution in [0.5, 0.6) is 0 Å². The summed E-state index contributed by atoms with van der Waals surface area (Å²) < 4.78 is 13.4. The molecule has 0 bridgehead atoms. The molecular weight excluding hydrogens is 438 g/mol. The minimum atomic E-state index is -0.527. The van der Waals surface area contributed by atoms with E-state index in [1.165, 1.54) is 18.2 Å². The molecule has 1 aliphatic heterocycles. The number of pyridine rings is 1. The van der Waals surface area contributed by atoms with Gasteiger partial charge in [0.25, 0.3) is 0 Å². The maximum absolute atomic E-state index is 13.4. The number of nitrogens with one attached hydrogen (secondary N) is 1. The van der Waals surface area contributed by atoms with Crippen molar-refractivity contribution in [3.05, 3.63) is 51.5 Å². The number of carbonyl (C=O) groups excluding carboxylic acids is 1. The summed E-state index contributed by atoms with van der Waals surface area (Å²) in [6, 6.07) is 3.80. The summed E-state index contributed by atoms with van der Waals surface area (Å²) in [5.74, 6) is -0.334. The van der Waals surface area contributed by atoms with Gasteiger partial charge in [-0.2, -0.15) is 0 Å². The highest BCUT2D eigenvalue weighted by molar-refractivity contribution is 6.38. The van der Waals surface area contributed by atoms with Crippen molar-refractivity contribution in [3.8, 4) is 0 Å². The summed E-state index contributed by atoms with van der Waals surface area (Å²) >= 11 is 18.5. The summed E-state index contributed by atoms with van der Waals surface area (Å²) in [7, 11) is 0. The molecule has 0 spiro atoms. The number of aromatic nitrogens is 1. The first-order valence-electron chi connectivity index (χ1n) is 9.34. The zero-order valence-electron chi connectivity index (χ0n) is 16.1. The van der Waals surface area contributed by atoms with E-state index in [4.69, 9.17) is 34.8 Å². The lowest BCUT2D eigenvalue weighted by Crippen LogP contribution is -2.49. The number of carbonyl (C=O) groups is 1. The maximum atomic E-state index is 13.4. The molecule has 1 saturated heterocycles. The number of hydrogen-bond donors (Lipinski definition) is 1. The average Bonchev–Trinajstić information content (AvgIpc) is 2.88. The van der Waals surface area contributed by atoms with Crippen molar-refractivity contribution in [2.24, 2.45) is 5.92 Å². The predicted octanol–water partition coefficient (Wildman–Crippen LogP) is 5.95. The quantitative estimate of drug-likeness (QED) is 0.617. The van der Waals surface area contributed by atoms with Crippen LogP contribution in [0.1, 0.15) is 20.3 Å². The number of nitrogens with zero attached hydrogens (tertiary/aromatic N) is 3. The van der Waals surface area contributed by atoms with Gasteiger partial charge in [0, 0.05) is 37.7 Å². The Morgan fingerprint density at radius 1 is 1.17 bits per heavy atom. The van der Waals surface area contributed by atoms with Gasteiger partial charge in [-0.05, 0) is 30.5 Å². The Morgan fingerprint density at radius 3 is 2.48 bits per heavy atom. The Morgan fingerprint density at radius 2 is 1.86 bits per heavy atom. The van der Waals surface area contributed by atoms with Crippen LogP contribution in [0.25, 0.3) is 0 Å². The molecule has 1 aromatic heterocycles. The van der Waals surface area contributed by atoms with Gasteiger partial charge >= 0.3 is 6.03 Å². The summed E-state index contributed by atoms with van der Waals surface area (Å²) in [4.78, 5) is 20.9. The monoisotopic (exact) mass is 458 g/mol. The number of benzene rings is 1. The van der Waals surface area contributed by atoms with Gasteiger partial charge in [-0.25, -0.2) is 9.18 Å². The van der Waals surface area contributed by atoms with Crippen LogP contribution in [0.4, 0.5) is 20.6 Å². The van der Waals surface area contributed by atoms with Crippen LogP contribution in [0, 0.1) is 11.7 Å². The van der Waals surface area contributed by atoms with E-state index < -0.39 is 5.82 Å². The summed E-state index contributed by atoms with van der Waals surface area (Å²) in [5, 5.41) is 3.76. The highest BCUT2D eigenvalue weighted by Crippen LogP contribution is 2.34. The summed E-state index contributed by atoms with van der Waals surface area (Å²) in [5.41, 5.74) is 1.19. The van der Waals surface area contributed by atoms with Gasteiger partial charge in [-0.1, -0.05) is 48.7 Å². The van der Waals surface area contributed by atoms with Crippen molar-refractivity contribution < 1.29 is 9.18 Å². The van der Waals surface area contributed by atoms with Gasteiger partial charge in [-0.3, -0.25) is 4.98 Å². The molecule has 1 fully saturated rings. The molecule has 29 heavy (non-hydrogen) atoms. The molecule has 9 heteroatoms. The molecule has 1 unspecified atom stereocenters. The Hall–Kier alpha value is -1.76. The zero-order chi connectivity index (χ0) is 21.1. The molecule has 156 valence electrons. The molecular formula is C20H22Cl3FN4O. The molecule has 2 aromatic rings. The lowest BCUT2D eigenvalue weighted by molar-refractivity contribution is 0.175. The van der Waals surface area contributed by atoms with E-state index in [0.29, 0.717) is 35.4 Å². The number of amides is 2. The van der Waals surface area contributed by atoms with E-state index in [2.05, 4.69) is 29.0 Å². The van der Waals surface area contributed by atoms with Crippen LogP contribution in [0.15, 0.2) is 30.6 Å². The highest BCUT2D eigenvalue weighted by Gasteiger charge is 2.32. The van der Waals surface area contributed by atoms with Gasteiger partial charge < -0.3 is 15.1 Å². The third-order valence-corrected chi connectivity index (χ3v) is 5.82. The SMILES string of the molecule is CC(C)C1CN(c2c(Cl)cncc2Cl)CCCN1C(=O)Nc1ccc(F)c(Cl)c1. The van der Waals surface area contributed by atoms with Gasteiger partial charge in [0.05, 0.1) is 26.8 Å². The lowest BCUT2D eigenvalue weighted by Gasteiger charge is -2.35. The molecule has 1 aromatic carbocycles. The number of hydrogen-bond acceptors (Lipinski definition) is 3. The molecule has 3 rings (SSSR count). The molecule has 1 aliphatic rings. The van der Waals surface area contributed by atoms with E-state index in [1.807, 2.05) is 4.90 Å². The second-order valence-electron chi connectivity index (χ2n) is 7.32. The van der Waals surface area contributed by atoms with Crippen molar-refractivity contribution in [3.63, 3.8) is 0 Å². The van der Waals surface area contributed by atoms with Crippen LogP contribution in [0.3, 0.4) is 0 Å². The minimum absolute atomic E-state index is 0.0350. The molecule has 5 nitrogen and oxygen atoms in total. The molecule has 2 amide bonds. The maximum Gasteiger partial charge on any atom is 0.322 e. The lowest BCUT2D eigenvalue weighted by atomic mass is 10.0. The smallest absolute Gasteiger partial charge is 0.322 e. The molecule has 1 atom stereocenters.